The molecule has 1 aromatic carbocycles. The second kappa shape index (κ2) is 3.28. The summed E-state index contributed by atoms with van der Waals surface area (Å²) in [6.07, 6.45) is 0.547. The molecule has 1 rings (SSSR count). The first-order chi connectivity index (χ1) is 5.24. The first kappa shape index (κ1) is 7.92. The van der Waals surface area contributed by atoms with Gasteiger partial charge in [-0.05, 0) is 5.46 Å². The Balaban J connectivity index is 3.00. The average Bonchev–Trinajstić information content (AvgIpc) is 2.05. The summed E-state index contributed by atoms with van der Waals surface area (Å²) in [5, 5.41) is 0. The Hall–Kier alpha value is -1.19. The van der Waals surface area contributed by atoms with Crippen molar-refractivity contribution in [2.75, 3.05) is 0 Å². The molecule has 1 nitrogen and oxygen atoms in total. The van der Waals surface area contributed by atoms with Gasteiger partial charge in [0.2, 0.25) is 0 Å². The van der Waals surface area contributed by atoms with Gasteiger partial charge in [0.05, 0.1) is 0 Å². The van der Waals surface area contributed by atoms with Gasteiger partial charge in [-0.3, -0.25) is 13.4 Å². The molecular weight excluding hydrogens is 149 g/mol. The maximum atomic E-state index is 12.0. The maximum absolute atomic E-state index is 12.0. The normalized spacial score (nSPS) is 9.27. The van der Waals surface area contributed by atoms with E-state index in [4.69, 9.17) is 0 Å². The van der Waals surface area contributed by atoms with Gasteiger partial charge in [-0.25, -0.2) is 0 Å². The molecule has 0 amide bonds. The number of hydrogen-bond acceptors (Lipinski definition) is 1. The van der Waals surface area contributed by atoms with Gasteiger partial charge in [0, 0.05) is 5.56 Å². The topological polar surface area (TPSA) is 17.1 Å². The fourth-order valence-electron chi connectivity index (χ4n) is 0.768. The molecule has 0 bridgehead atoms. The standard InChI is InChI=1S/C7H5BF2O/c9-8(10)7-3-1-2-6(4-7)5-11/h1-5H. The van der Waals surface area contributed by atoms with E-state index in [-0.39, 0.29) is 11.0 Å². The van der Waals surface area contributed by atoms with E-state index in [0.29, 0.717) is 6.29 Å². The van der Waals surface area contributed by atoms with E-state index in [0.717, 1.165) is 0 Å². The zero-order valence-corrected chi connectivity index (χ0v) is 5.63. The molecule has 0 aliphatic carbocycles. The summed E-state index contributed by atoms with van der Waals surface area (Å²) in [6.45, 7) is 0. The van der Waals surface area contributed by atoms with Crippen LogP contribution in [0.15, 0.2) is 24.3 Å². The van der Waals surface area contributed by atoms with Gasteiger partial charge < -0.3 is 0 Å². The number of aldehydes is 1. The lowest BCUT2D eigenvalue weighted by Gasteiger charge is -1.94. The Labute approximate surface area is 63.2 Å². The molecule has 4 heteroatoms. The Morgan fingerprint density at radius 2 is 2.09 bits per heavy atom. The van der Waals surface area contributed by atoms with Gasteiger partial charge in [-0.15, -0.1) is 0 Å². The monoisotopic (exact) mass is 154 g/mol. The predicted octanol–water partition coefficient (Wildman–Crippen LogP) is 1.13. The molecule has 0 aromatic heterocycles. The maximum Gasteiger partial charge on any atom is 0.572 e. The third kappa shape index (κ3) is 1.87. The third-order valence-electron chi connectivity index (χ3n) is 1.30. The van der Waals surface area contributed by atoms with Gasteiger partial charge in [0.25, 0.3) is 0 Å². The van der Waals surface area contributed by atoms with Gasteiger partial charge in [-0.1, -0.05) is 24.3 Å². The second-order valence-corrected chi connectivity index (χ2v) is 2.09. The molecular formula is C7H5BF2O. The van der Waals surface area contributed by atoms with E-state index in [1.807, 2.05) is 0 Å². The van der Waals surface area contributed by atoms with E-state index < -0.39 is 7.27 Å². The molecule has 0 heterocycles. The number of halogens is 2. The van der Waals surface area contributed by atoms with Crippen molar-refractivity contribution >= 4 is 19.0 Å². The summed E-state index contributed by atoms with van der Waals surface area (Å²) in [5.41, 5.74) is 0.164. The molecule has 11 heavy (non-hydrogen) atoms. The van der Waals surface area contributed by atoms with E-state index in [9.17, 15) is 13.4 Å². The summed E-state index contributed by atoms with van der Waals surface area (Å²) in [6, 6.07) is 5.39. The average molecular weight is 154 g/mol. The highest BCUT2D eigenvalue weighted by molar-refractivity contribution is 6.60. The van der Waals surface area contributed by atoms with Crippen LogP contribution in [0.25, 0.3) is 0 Å². The fourth-order valence-corrected chi connectivity index (χ4v) is 0.768. The van der Waals surface area contributed by atoms with Crippen LogP contribution in [0.2, 0.25) is 0 Å². The zero-order valence-electron chi connectivity index (χ0n) is 5.63. The highest BCUT2D eigenvalue weighted by Gasteiger charge is 2.15. The largest absolute Gasteiger partial charge is 0.572 e. The van der Waals surface area contributed by atoms with Crippen LogP contribution in [-0.4, -0.2) is 13.6 Å². The Morgan fingerprint density at radius 1 is 1.36 bits per heavy atom. The van der Waals surface area contributed by atoms with Crippen molar-refractivity contribution in [3.63, 3.8) is 0 Å². The highest BCUT2D eigenvalue weighted by atomic mass is 19.2. The Morgan fingerprint density at radius 3 is 2.64 bits per heavy atom. The van der Waals surface area contributed by atoms with E-state index in [1.54, 1.807) is 0 Å². The second-order valence-electron chi connectivity index (χ2n) is 2.09. The Bertz CT molecular complexity index is 262. The molecule has 0 fully saturated rings. The first-order valence-corrected chi connectivity index (χ1v) is 3.07. The van der Waals surface area contributed by atoms with Crippen LogP contribution in [-0.2, 0) is 0 Å². The third-order valence-corrected chi connectivity index (χ3v) is 1.30. The Kier molecular flexibility index (Phi) is 2.36. The van der Waals surface area contributed by atoms with Crippen molar-refractivity contribution in [2.45, 2.75) is 0 Å². The van der Waals surface area contributed by atoms with Crippen LogP contribution < -0.4 is 5.46 Å². The molecule has 0 atom stereocenters. The first-order valence-electron chi connectivity index (χ1n) is 3.07. The van der Waals surface area contributed by atoms with Crippen molar-refractivity contribution in [3.05, 3.63) is 29.8 Å². The van der Waals surface area contributed by atoms with Crippen LogP contribution in [0, 0.1) is 0 Å². The summed E-state index contributed by atoms with van der Waals surface area (Å²) in [4.78, 5) is 10.1. The molecule has 0 unspecified atom stereocenters. The lowest BCUT2D eigenvalue weighted by atomic mass is 9.85. The molecule has 0 radical (unpaired) electrons. The molecule has 0 aliphatic heterocycles. The lowest BCUT2D eigenvalue weighted by Crippen LogP contribution is -2.20. The number of hydrogen-bond donors (Lipinski definition) is 0. The minimum Gasteiger partial charge on any atom is -0.298 e. The van der Waals surface area contributed by atoms with Gasteiger partial charge >= 0.3 is 7.27 Å². The van der Waals surface area contributed by atoms with E-state index >= 15 is 0 Å². The van der Waals surface area contributed by atoms with Gasteiger partial charge in [0.1, 0.15) is 6.29 Å². The van der Waals surface area contributed by atoms with Crippen molar-refractivity contribution in [3.8, 4) is 0 Å². The van der Waals surface area contributed by atoms with Crippen molar-refractivity contribution in [2.24, 2.45) is 0 Å². The number of benzene rings is 1. The molecule has 56 valence electrons. The molecule has 0 N–H and O–H groups in total. The van der Waals surface area contributed by atoms with Crippen molar-refractivity contribution in [1.82, 2.24) is 0 Å². The zero-order chi connectivity index (χ0) is 8.27. The highest BCUT2D eigenvalue weighted by Crippen LogP contribution is 1.95. The van der Waals surface area contributed by atoms with E-state index in [1.165, 1.54) is 24.3 Å². The smallest absolute Gasteiger partial charge is 0.298 e. The molecule has 1 aromatic rings. The molecule has 0 saturated carbocycles. The van der Waals surface area contributed by atoms with Crippen LogP contribution >= 0.6 is 0 Å². The van der Waals surface area contributed by atoms with Gasteiger partial charge in [-0.2, -0.15) is 0 Å². The summed E-state index contributed by atoms with van der Waals surface area (Å²) >= 11 is 0. The minimum atomic E-state index is -2.50. The quantitative estimate of drug-likeness (QED) is 0.460. The van der Waals surface area contributed by atoms with Crippen LogP contribution in [0.5, 0.6) is 0 Å². The van der Waals surface area contributed by atoms with Crippen LogP contribution in [0.3, 0.4) is 0 Å². The summed E-state index contributed by atoms with van der Waals surface area (Å²) < 4.78 is 23.9. The molecule has 0 spiro atoms. The minimum absolute atomic E-state index is 0.116. The number of carbonyl (C=O) groups is 1. The molecule has 0 aliphatic rings. The predicted molar refractivity (Wildman–Crippen MR) is 39.4 cm³/mol. The fraction of sp³-hybridized carbons (Fsp3) is 0. The number of rotatable bonds is 2. The summed E-state index contributed by atoms with van der Waals surface area (Å²) in [7, 11) is -2.50. The van der Waals surface area contributed by atoms with E-state index in [2.05, 4.69) is 0 Å². The molecule has 0 saturated heterocycles. The van der Waals surface area contributed by atoms with Crippen molar-refractivity contribution in [1.29, 1.82) is 0 Å². The van der Waals surface area contributed by atoms with Crippen LogP contribution in [0.1, 0.15) is 10.4 Å². The lowest BCUT2D eigenvalue weighted by molar-refractivity contribution is 0.112. The number of carbonyl (C=O) groups excluding carboxylic acids is 1. The van der Waals surface area contributed by atoms with Crippen molar-refractivity contribution < 1.29 is 13.4 Å². The summed E-state index contributed by atoms with van der Waals surface area (Å²) in [5.74, 6) is 0. The SMILES string of the molecule is O=Cc1cccc(B(F)F)c1. The van der Waals surface area contributed by atoms with Crippen LogP contribution in [0.4, 0.5) is 8.63 Å². The van der Waals surface area contributed by atoms with Gasteiger partial charge in [0.15, 0.2) is 0 Å².